The summed E-state index contributed by atoms with van der Waals surface area (Å²) in [7, 11) is 0. The fourth-order valence-corrected chi connectivity index (χ4v) is 0.678. The summed E-state index contributed by atoms with van der Waals surface area (Å²) in [5, 5.41) is 0. The van der Waals surface area contributed by atoms with Crippen molar-refractivity contribution in [2.45, 2.75) is 25.1 Å². The highest BCUT2D eigenvalue weighted by molar-refractivity contribution is 4.84. The molecule has 0 spiro atoms. The van der Waals surface area contributed by atoms with Crippen LogP contribution in [0.2, 0.25) is 0 Å². The number of nitrogens with two attached hydrogens (primary N) is 1. The van der Waals surface area contributed by atoms with Crippen LogP contribution in [0.4, 0.5) is 13.2 Å². The molecule has 0 aromatic rings. The van der Waals surface area contributed by atoms with Crippen LogP contribution in [0.25, 0.3) is 0 Å². The highest BCUT2D eigenvalue weighted by atomic mass is 19.4. The molecule has 13 heavy (non-hydrogen) atoms. The molecule has 0 aliphatic carbocycles. The molecule has 0 heterocycles. The monoisotopic (exact) mass is 195 g/mol. The van der Waals surface area contributed by atoms with Gasteiger partial charge in [-0.25, -0.2) is 0 Å². The van der Waals surface area contributed by atoms with Crippen molar-refractivity contribution in [3.8, 4) is 12.3 Å². The fraction of sp³-hybridized carbons (Fsp3) is 0.750. The molecule has 5 heteroatoms. The quantitative estimate of drug-likeness (QED) is 0.671. The first-order chi connectivity index (χ1) is 5.95. The highest BCUT2D eigenvalue weighted by Gasteiger charge is 2.27. The lowest BCUT2D eigenvalue weighted by molar-refractivity contribution is -0.174. The Morgan fingerprint density at radius 1 is 1.46 bits per heavy atom. The number of hydrogen-bond donors (Lipinski definition) is 1. The number of rotatable bonds is 5. The fourth-order valence-electron chi connectivity index (χ4n) is 0.678. The molecule has 2 nitrogen and oxygen atoms in total. The van der Waals surface area contributed by atoms with Crippen LogP contribution in [0.15, 0.2) is 0 Å². The zero-order chi connectivity index (χ0) is 10.3. The van der Waals surface area contributed by atoms with Crippen LogP contribution in [0.5, 0.6) is 0 Å². The zero-order valence-corrected chi connectivity index (χ0v) is 7.10. The second-order valence-electron chi connectivity index (χ2n) is 2.63. The number of alkyl halides is 3. The van der Waals surface area contributed by atoms with Gasteiger partial charge in [0, 0.05) is 12.5 Å². The Balaban J connectivity index is 3.38. The van der Waals surface area contributed by atoms with Gasteiger partial charge < -0.3 is 10.5 Å². The average molecular weight is 195 g/mol. The molecule has 0 aliphatic heterocycles. The van der Waals surface area contributed by atoms with Crippen molar-refractivity contribution < 1.29 is 17.9 Å². The van der Waals surface area contributed by atoms with E-state index in [1.807, 2.05) is 0 Å². The Kier molecular flexibility index (Phi) is 5.51. The summed E-state index contributed by atoms with van der Waals surface area (Å²) in [6.07, 6.45) is 1.60. The van der Waals surface area contributed by atoms with Crippen molar-refractivity contribution in [3.05, 3.63) is 0 Å². The predicted octanol–water partition coefficient (Wildman–Crippen LogP) is 1.31. The van der Waals surface area contributed by atoms with Crippen LogP contribution in [0.3, 0.4) is 0 Å². The van der Waals surface area contributed by atoms with E-state index in [4.69, 9.17) is 12.2 Å². The molecule has 0 amide bonds. The Bertz CT molecular complexity index is 173. The SMILES string of the molecule is C#CCCC(N)COCC(F)(F)F. The van der Waals surface area contributed by atoms with E-state index in [0.717, 1.165) is 0 Å². The number of hydrogen-bond acceptors (Lipinski definition) is 2. The zero-order valence-electron chi connectivity index (χ0n) is 7.10. The molecule has 1 unspecified atom stereocenters. The van der Waals surface area contributed by atoms with E-state index >= 15 is 0 Å². The number of halogens is 3. The van der Waals surface area contributed by atoms with E-state index in [1.165, 1.54) is 0 Å². The molecule has 0 saturated carbocycles. The van der Waals surface area contributed by atoms with Gasteiger partial charge in [0.25, 0.3) is 0 Å². The van der Waals surface area contributed by atoms with Gasteiger partial charge in [0.15, 0.2) is 0 Å². The minimum Gasteiger partial charge on any atom is -0.370 e. The molecular weight excluding hydrogens is 183 g/mol. The second kappa shape index (κ2) is 5.84. The lowest BCUT2D eigenvalue weighted by Gasteiger charge is -2.11. The summed E-state index contributed by atoms with van der Waals surface area (Å²) in [6.45, 7) is -1.36. The van der Waals surface area contributed by atoms with Gasteiger partial charge in [0.05, 0.1) is 6.61 Å². The van der Waals surface area contributed by atoms with Gasteiger partial charge in [0.2, 0.25) is 0 Å². The van der Waals surface area contributed by atoms with Gasteiger partial charge in [-0.15, -0.1) is 12.3 Å². The van der Waals surface area contributed by atoms with Gasteiger partial charge in [-0.2, -0.15) is 13.2 Å². The first-order valence-electron chi connectivity index (χ1n) is 3.79. The number of ether oxygens (including phenoxy) is 1. The van der Waals surface area contributed by atoms with Crippen LogP contribution < -0.4 is 5.73 Å². The standard InChI is InChI=1S/C8H12F3NO/c1-2-3-4-7(12)5-13-6-8(9,10)11/h1,7H,3-6,12H2. The molecule has 0 saturated heterocycles. The van der Waals surface area contributed by atoms with Gasteiger partial charge in [-0.1, -0.05) is 0 Å². The Morgan fingerprint density at radius 2 is 2.08 bits per heavy atom. The van der Waals surface area contributed by atoms with Gasteiger partial charge in [-0.05, 0) is 6.42 Å². The summed E-state index contributed by atoms with van der Waals surface area (Å²) in [6, 6.07) is -0.418. The van der Waals surface area contributed by atoms with Crippen molar-refractivity contribution >= 4 is 0 Å². The summed E-state index contributed by atoms with van der Waals surface area (Å²) >= 11 is 0. The lowest BCUT2D eigenvalue weighted by atomic mass is 10.2. The van der Waals surface area contributed by atoms with Crippen LogP contribution in [0.1, 0.15) is 12.8 Å². The van der Waals surface area contributed by atoms with E-state index in [2.05, 4.69) is 10.7 Å². The first kappa shape index (κ1) is 12.3. The largest absolute Gasteiger partial charge is 0.411 e. The molecule has 0 aromatic heterocycles. The maximum atomic E-state index is 11.6. The first-order valence-corrected chi connectivity index (χ1v) is 3.79. The van der Waals surface area contributed by atoms with E-state index in [9.17, 15) is 13.2 Å². The highest BCUT2D eigenvalue weighted by Crippen LogP contribution is 2.14. The summed E-state index contributed by atoms with van der Waals surface area (Å²) in [5.41, 5.74) is 5.40. The molecule has 0 aliphatic rings. The molecule has 0 radical (unpaired) electrons. The van der Waals surface area contributed by atoms with Crippen molar-refractivity contribution in [3.63, 3.8) is 0 Å². The van der Waals surface area contributed by atoms with Gasteiger partial charge in [-0.3, -0.25) is 0 Å². The molecule has 0 bridgehead atoms. The minimum absolute atomic E-state index is 0.110. The van der Waals surface area contributed by atoms with E-state index in [1.54, 1.807) is 0 Å². The topological polar surface area (TPSA) is 35.2 Å². The van der Waals surface area contributed by atoms with Crippen LogP contribution >= 0.6 is 0 Å². The molecule has 0 aromatic carbocycles. The third-order valence-corrected chi connectivity index (χ3v) is 1.26. The minimum atomic E-state index is -4.29. The van der Waals surface area contributed by atoms with Crippen LogP contribution in [-0.2, 0) is 4.74 Å². The summed E-state index contributed by atoms with van der Waals surface area (Å²) in [4.78, 5) is 0. The molecule has 0 rings (SSSR count). The Labute approximate surface area is 75.2 Å². The Morgan fingerprint density at radius 3 is 2.54 bits per heavy atom. The van der Waals surface area contributed by atoms with Crippen molar-refractivity contribution in [2.75, 3.05) is 13.2 Å². The third-order valence-electron chi connectivity index (χ3n) is 1.26. The maximum absolute atomic E-state index is 11.6. The molecule has 2 N–H and O–H groups in total. The van der Waals surface area contributed by atoms with Crippen LogP contribution in [-0.4, -0.2) is 25.4 Å². The maximum Gasteiger partial charge on any atom is 0.411 e. The van der Waals surface area contributed by atoms with E-state index < -0.39 is 18.8 Å². The van der Waals surface area contributed by atoms with Crippen molar-refractivity contribution in [2.24, 2.45) is 5.73 Å². The van der Waals surface area contributed by atoms with Crippen LogP contribution in [0, 0.1) is 12.3 Å². The van der Waals surface area contributed by atoms with E-state index in [-0.39, 0.29) is 6.61 Å². The number of terminal acetylenes is 1. The van der Waals surface area contributed by atoms with Crippen molar-refractivity contribution in [1.29, 1.82) is 0 Å². The molecule has 76 valence electrons. The predicted molar refractivity (Wildman–Crippen MR) is 42.9 cm³/mol. The smallest absolute Gasteiger partial charge is 0.370 e. The van der Waals surface area contributed by atoms with Gasteiger partial charge in [0.1, 0.15) is 6.61 Å². The normalized spacial score (nSPS) is 13.8. The molecule has 0 fully saturated rings. The average Bonchev–Trinajstić information content (AvgIpc) is 1.98. The third kappa shape index (κ3) is 9.18. The van der Waals surface area contributed by atoms with E-state index in [0.29, 0.717) is 12.8 Å². The van der Waals surface area contributed by atoms with Crippen molar-refractivity contribution in [1.82, 2.24) is 0 Å². The second-order valence-corrected chi connectivity index (χ2v) is 2.63. The lowest BCUT2D eigenvalue weighted by Crippen LogP contribution is -2.29. The van der Waals surface area contributed by atoms with Gasteiger partial charge >= 0.3 is 6.18 Å². The molecule has 1 atom stereocenters. The summed E-state index contributed by atoms with van der Waals surface area (Å²) in [5.74, 6) is 2.35. The summed E-state index contributed by atoms with van der Waals surface area (Å²) < 4.78 is 39.0. The molecular formula is C8H12F3NO. The Hall–Kier alpha value is -0.730.